The van der Waals surface area contributed by atoms with Gasteiger partial charge in [-0.15, -0.1) is 0 Å². The van der Waals surface area contributed by atoms with Crippen LogP contribution in [0.5, 0.6) is 0 Å². The van der Waals surface area contributed by atoms with Crippen molar-refractivity contribution in [2.24, 2.45) is 0 Å². The molecule has 0 atom stereocenters. The third-order valence-corrected chi connectivity index (χ3v) is 2.14. The molecule has 0 fully saturated rings. The molecule has 18 heavy (non-hydrogen) atoms. The molecule has 2 heterocycles. The van der Waals surface area contributed by atoms with Crippen molar-refractivity contribution >= 4 is 5.69 Å². The molecule has 90 valence electrons. The van der Waals surface area contributed by atoms with E-state index >= 15 is 0 Å². The van der Waals surface area contributed by atoms with Gasteiger partial charge in [0.05, 0.1) is 17.3 Å². The van der Waals surface area contributed by atoms with Crippen molar-refractivity contribution in [2.45, 2.75) is 0 Å². The van der Waals surface area contributed by atoms with Gasteiger partial charge in [0.25, 0.3) is 0 Å². The van der Waals surface area contributed by atoms with Crippen molar-refractivity contribution in [1.29, 1.82) is 5.26 Å². The van der Waals surface area contributed by atoms with E-state index in [1.165, 1.54) is 6.07 Å². The number of nitro groups is 1. The minimum Gasteiger partial charge on any atom is -1.00 e. The topological polar surface area (TPSA) is 83.7 Å². The lowest BCUT2D eigenvalue weighted by atomic mass is 10.2. The summed E-state index contributed by atoms with van der Waals surface area (Å²) in [4.78, 5) is 13.9. The number of halogens is 1. The van der Waals surface area contributed by atoms with Crippen LogP contribution in [0.25, 0.3) is 5.82 Å². The molecule has 0 aliphatic carbocycles. The van der Waals surface area contributed by atoms with Crippen molar-refractivity contribution in [3.63, 3.8) is 0 Å². The first-order valence-electron chi connectivity index (χ1n) is 4.73. The van der Waals surface area contributed by atoms with Crippen LogP contribution in [0.3, 0.4) is 0 Å². The fourth-order valence-electron chi connectivity index (χ4n) is 1.37. The summed E-state index contributed by atoms with van der Waals surface area (Å²) in [6.45, 7) is 0. The van der Waals surface area contributed by atoms with E-state index in [1.807, 2.05) is 12.1 Å². The highest BCUT2D eigenvalue weighted by Crippen LogP contribution is 2.14. The number of rotatable bonds is 2. The molecule has 0 aliphatic heterocycles. The first-order valence-corrected chi connectivity index (χ1v) is 4.73. The number of hydrogen-bond donors (Lipinski definition) is 0. The third kappa shape index (κ3) is 2.59. The van der Waals surface area contributed by atoms with Crippen LogP contribution in [-0.4, -0.2) is 9.91 Å². The summed E-state index contributed by atoms with van der Waals surface area (Å²) in [7, 11) is 0. The average molecular weight is 263 g/mol. The Labute approximate surface area is 109 Å². The highest BCUT2D eigenvalue weighted by atomic mass is 35.5. The Kier molecular flexibility index (Phi) is 4.29. The molecular formula is C11H7ClN4O2. The van der Waals surface area contributed by atoms with Crippen LogP contribution in [0.2, 0.25) is 0 Å². The quantitative estimate of drug-likeness (QED) is 0.361. The summed E-state index contributed by atoms with van der Waals surface area (Å²) >= 11 is 0. The van der Waals surface area contributed by atoms with Gasteiger partial charge in [0.15, 0.2) is 5.56 Å². The second-order valence-electron chi connectivity index (χ2n) is 3.22. The molecule has 2 rings (SSSR count). The Balaban J connectivity index is 0.00000162. The first kappa shape index (κ1) is 13.5. The molecule has 2 aromatic rings. The van der Waals surface area contributed by atoms with Gasteiger partial charge in [-0.3, -0.25) is 10.1 Å². The number of nitriles is 1. The number of hydrogen-bond acceptors (Lipinski definition) is 4. The van der Waals surface area contributed by atoms with Crippen LogP contribution in [0.4, 0.5) is 5.69 Å². The molecule has 0 saturated heterocycles. The van der Waals surface area contributed by atoms with Crippen LogP contribution in [0, 0.1) is 21.4 Å². The van der Waals surface area contributed by atoms with Crippen molar-refractivity contribution in [1.82, 2.24) is 4.98 Å². The van der Waals surface area contributed by atoms with Gasteiger partial charge in [-0.2, -0.15) is 5.26 Å². The van der Waals surface area contributed by atoms with E-state index in [0.717, 1.165) is 6.20 Å². The summed E-state index contributed by atoms with van der Waals surface area (Å²) in [5, 5.41) is 19.5. The molecule has 0 radical (unpaired) electrons. The van der Waals surface area contributed by atoms with Gasteiger partial charge < -0.3 is 12.4 Å². The van der Waals surface area contributed by atoms with Crippen LogP contribution >= 0.6 is 0 Å². The van der Waals surface area contributed by atoms with E-state index in [9.17, 15) is 10.1 Å². The van der Waals surface area contributed by atoms with Crippen LogP contribution in [-0.2, 0) is 0 Å². The normalized spacial score (nSPS) is 9.06. The molecule has 0 aromatic carbocycles. The maximum atomic E-state index is 10.6. The molecule has 0 N–H and O–H groups in total. The Morgan fingerprint density at radius 1 is 1.33 bits per heavy atom. The lowest BCUT2D eigenvalue weighted by Gasteiger charge is -1.96. The van der Waals surface area contributed by atoms with Gasteiger partial charge >= 0.3 is 11.5 Å². The van der Waals surface area contributed by atoms with Crippen LogP contribution in [0.1, 0.15) is 5.56 Å². The maximum absolute atomic E-state index is 10.6. The molecule has 0 bridgehead atoms. The van der Waals surface area contributed by atoms with E-state index < -0.39 is 4.92 Å². The van der Waals surface area contributed by atoms with Crippen molar-refractivity contribution in [3.8, 4) is 11.9 Å². The summed E-state index contributed by atoms with van der Waals surface area (Å²) in [5.74, 6) is 0.374. The van der Waals surface area contributed by atoms with Crippen molar-refractivity contribution in [2.75, 3.05) is 0 Å². The zero-order chi connectivity index (χ0) is 12.3. The SMILES string of the molecule is N#Cc1cc([N+](=O)[O-])cnc1-[n+]1ccccc1.[Cl-]. The molecule has 0 spiro atoms. The smallest absolute Gasteiger partial charge is 0.346 e. The zero-order valence-corrected chi connectivity index (χ0v) is 9.78. The molecule has 6 nitrogen and oxygen atoms in total. The molecule has 2 aromatic heterocycles. The van der Waals surface area contributed by atoms with Gasteiger partial charge in [-0.05, 0) is 17.1 Å². The number of pyridine rings is 2. The second kappa shape index (κ2) is 5.70. The Bertz CT molecular complexity index is 610. The lowest BCUT2D eigenvalue weighted by Crippen LogP contribution is -3.00. The maximum Gasteiger partial charge on any atom is 0.346 e. The number of aromatic nitrogens is 2. The Morgan fingerprint density at radius 3 is 2.56 bits per heavy atom. The van der Waals surface area contributed by atoms with Gasteiger partial charge in [0, 0.05) is 6.07 Å². The van der Waals surface area contributed by atoms with E-state index in [-0.39, 0.29) is 23.7 Å². The molecular weight excluding hydrogens is 256 g/mol. The molecule has 0 unspecified atom stereocenters. The van der Waals surface area contributed by atoms with Gasteiger partial charge in [-0.25, -0.2) is 4.57 Å². The van der Waals surface area contributed by atoms with Crippen molar-refractivity contribution in [3.05, 3.63) is 58.5 Å². The predicted octanol–water partition coefficient (Wildman–Crippen LogP) is -1.86. The first-order chi connectivity index (χ1) is 8.22. The monoisotopic (exact) mass is 262 g/mol. The lowest BCUT2D eigenvalue weighted by molar-refractivity contribution is -0.599. The standard InChI is InChI=1S/C11H7N4O2.ClH/c12-7-9-6-10(15(16)17)8-13-11(9)14-4-2-1-3-5-14;/h1-6,8H;1H/q+1;/p-1. The summed E-state index contributed by atoms with van der Waals surface area (Å²) in [6, 6.07) is 8.50. The minimum absolute atomic E-state index is 0. The van der Waals surface area contributed by atoms with E-state index in [1.54, 1.807) is 29.1 Å². The van der Waals surface area contributed by atoms with Crippen molar-refractivity contribution < 1.29 is 21.9 Å². The zero-order valence-electron chi connectivity index (χ0n) is 9.02. The van der Waals surface area contributed by atoms with E-state index in [4.69, 9.17) is 5.26 Å². The largest absolute Gasteiger partial charge is 1.00 e. The fraction of sp³-hybridized carbons (Fsp3) is 0. The molecule has 0 saturated carbocycles. The minimum atomic E-state index is -0.576. The summed E-state index contributed by atoms with van der Waals surface area (Å²) < 4.78 is 1.63. The third-order valence-electron chi connectivity index (χ3n) is 2.14. The molecule has 7 heteroatoms. The van der Waals surface area contributed by atoms with Gasteiger partial charge in [-0.1, -0.05) is 6.07 Å². The average Bonchev–Trinajstić information content (AvgIpc) is 2.39. The van der Waals surface area contributed by atoms with Gasteiger partial charge in [0.1, 0.15) is 6.07 Å². The van der Waals surface area contributed by atoms with Crippen LogP contribution < -0.4 is 17.0 Å². The Morgan fingerprint density at radius 2 is 2.00 bits per heavy atom. The molecule has 0 aliphatic rings. The summed E-state index contributed by atoms with van der Waals surface area (Å²) in [5.41, 5.74) is -0.0303. The van der Waals surface area contributed by atoms with E-state index in [0.29, 0.717) is 5.82 Å². The van der Waals surface area contributed by atoms with Gasteiger partial charge in [0.2, 0.25) is 6.20 Å². The predicted molar refractivity (Wildman–Crippen MR) is 57.1 cm³/mol. The second-order valence-corrected chi connectivity index (χ2v) is 3.22. The number of nitrogens with zero attached hydrogens (tertiary/aromatic N) is 4. The van der Waals surface area contributed by atoms with Crippen LogP contribution in [0.15, 0.2) is 42.9 Å². The summed E-state index contributed by atoms with van der Waals surface area (Å²) in [6.07, 6.45) is 4.57. The Hall–Kier alpha value is -2.52. The molecule has 0 amide bonds. The highest BCUT2D eigenvalue weighted by molar-refractivity contribution is 5.45. The van der Waals surface area contributed by atoms with E-state index in [2.05, 4.69) is 4.98 Å². The highest BCUT2D eigenvalue weighted by Gasteiger charge is 2.20. The fourth-order valence-corrected chi connectivity index (χ4v) is 1.37.